The molecule has 3 rings (SSSR count). The minimum Gasteiger partial charge on any atom is -0.505 e. The van der Waals surface area contributed by atoms with Crippen LogP contribution in [-0.4, -0.2) is 37.2 Å². The molecule has 3 N–H and O–H groups in total. The lowest BCUT2D eigenvalue weighted by Crippen LogP contribution is -2.48. The molecule has 1 aliphatic rings. The predicted octanol–water partition coefficient (Wildman–Crippen LogP) is 3.54. The maximum Gasteiger partial charge on any atom is 0.191 e. The highest BCUT2D eigenvalue weighted by Gasteiger charge is 2.20. The first-order valence-electron chi connectivity index (χ1n) is 8.38. The van der Waals surface area contributed by atoms with E-state index in [2.05, 4.69) is 38.0 Å². The number of nitrogens with zero attached hydrogens (tertiary/aromatic N) is 2. The fourth-order valence-electron chi connectivity index (χ4n) is 2.93. The summed E-state index contributed by atoms with van der Waals surface area (Å²) in [6, 6.07) is 9.01. The van der Waals surface area contributed by atoms with Crippen molar-refractivity contribution in [2.45, 2.75) is 25.4 Å². The van der Waals surface area contributed by atoms with Crippen LogP contribution in [0.1, 0.15) is 18.4 Å². The monoisotopic (exact) mass is 490 g/mol. The lowest BCUT2D eigenvalue weighted by molar-refractivity contribution is 0.431. The van der Waals surface area contributed by atoms with Crippen LogP contribution in [0.5, 0.6) is 5.75 Å². The van der Waals surface area contributed by atoms with E-state index in [1.54, 1.807) is 24.5 Å². The van der Waals surface area contributed by atoms with Gasteiger partial charge in [0.1, 0.15) is 0 Å². The van der Waals surface area contributed by atoms with Crippen molar-refractivity contribution in [2.75, 3.05) is 25.0 Å². The van der Waals surface area contributed by atoms with Crippen LogP contribution >= 0.6 is 35.3 Å². The Bertz CT molecular complexity index is 718. The average molecular weight is 490 g/mol. The zero-order chi connectivity index (χ0) is 17.6. The smallest absolute Gasteiger partial charge is 0.191 e. The van der Waals surface area contributed by atoms with Gasteiger partial charge in [-0.05, 0) is 48.1 Å². The molecule has 2 heterocycles. The van der Waals surface area contributed by atoms with Crippen LogP contribution < -0.4 is 15.5 Å². The maximum atomic E-state index is 13.4. The van der Waals surface area contributed by atoms with Gasteiger partial charge in [0.25, 0.3) is 0 Å². The summed E-state index contributed by atoms with van der Waals surface area (Å²) in [5, 5.41) is 19.3. The Morgan fingerprint density at radius 1 is 1.35 bits per heavy atom. The van der Waals surface area contributed by atoms with Gasteiger partial charge in [-0.25, -0.2) is 4.39 Å². The van der Waals surface area contributed by atoms with E-state index in [0.717, 1.165) is 31.5 Å². The van der Waals surface area contributed by atoms with E-state index in [1.807, 2.05) is 0 Å². The molecule has 142 valence electrons. The van der Waals surface area contributed by atoms with E-state index in [0.29, 0.717) is 18.5 Å². The number of phenolic OH excluding ortho intramolecular Hbond substituents is 1. The van der Waals surface area contributed by atoms with E-state index < -0.39 is 5.82 Å². The number of halogens is 2. The fourth-order valence-corrected chi connectivity index (χ4v) is 3.71. The van der Waals surface area contributed by atoms with Gasteiger partial charge in [-0.1, -0.05) is 6.07 Å². The van der Waals surface area contributed by atoms with Crippen LogP contribution in [0, 0.1) is 5.82 Å². The third-order valence-corrected chi connectivity index (χ3v) is 5.28. The molecule has 1 aromatic heterocycles. The lowest BCUT2D eigenvalue weighted by Gasteiger charge is -2.33. The second-order valence-electron chi connectivity index (χ2n) is 6.07. The van der Waals surface area contributed by atoms with Crippen molar-refractivity contribution in [2.24, 2.45) is 4.99 Å². The number of anilines is 1. The number of hydrogen-bond donors (Lipinski definition) is 3. The van der Waals surface area contributed by atoms with Crippen molar-refractivity contribution in [3.63, 3.8) is 0 Å². The van der Waals surface area contributed by atoms with Gasteiger partial charge in [-0.3, -0.25) is 4.99 Å². The number of aliphatic imine (C=N–C) groups is 1. The number of rotatable bonds is 4. The average Bonchev–Trinajstić information content (AvgIpc) is 3.16. The molecule has 26 heavy (non-hydrogen) atoms. The summed E-state index contributed by atoms with van der Waals surface area (Å²) in [4.78, 5) is 6.66. The van der Waals surface area contributed by atoms with Crippen LogP contribution in [-0.2, 0) is 6.54 Å². The third kappa shape index (κ3) is 5.47. The summed E-state index contributed by atoms with van der Waals surface area (Å²) in [5.41, 5.74) is 0.755. The molecule has 0 bridgehead atoms. The van der Waals surface area contributed by atoms with Gasteiger partial charge in [0.05, 0.1) is 5.00 Å². The Labute approximate surface area is 174 Å². The van der Waals surface area contributed by atoms with Crippen LogP contribution in [0.15, 0.2) is 40.7 Å². The van der Waals surface area contributed by atoms with Crippen molar-refractivity contribution in [3.05, 3.63) is 47.1 Å². The van der Waals surface area contributed by atoms with Gasteiger partial charge in [-0.2, -0.15) is 0 Å². The minimum absolute atomic E-state index is 0. The van der Waals surface area contributed by atoms with Gasteiger partial charge < -0.3 is 20.6 Å². The largest absolute Gasteiger partial charge is 0.505 e. The molecule has 0 atom stereocenters. The molecule has 1 aliphatic heterocycles. The van der Waals surface area contributed by atoms with Crippen LogP contribution in [0.25, 0.3) is 0 Å². The zero-order valence-corrected chi connectivity index (χ0v) is 17.8. The Morgan fingerprint density at radius 2 is 2.12 bits per heavy atom. The van der Waals surface area contributed by atoms with Gasteiger partial charge in [0, 0.05) is 32.7 Å². The molecule has 8 heteroatoms. The van der Waals surface area contributed by atoms with Crippen LogP contribution in [0.2, 0.25) is 0 Å². The van der Waals surface area contributed by atoms with Crippen LogP contribution in [0.4, 0.5) is 9.39 Å². The van der Waals surface area contributed by atoms with Gasteiger partial charge in [0.15, 0.2) is 17.5 Å². The summed E-state index contributed by atoms with van der Waals surface area (Å²) >= 11 is 1.78. The second kappa shape index (κ2) is 9.96. The summed E-state index contributed by atoms with van der Waals surface area (Å²) in [7, 11) is 1.73. The highest BCUT2D eigenvalue weighted by molar-refractivity contribution is 14.0. The minimum atomic E-state index is -0.608. The molecule has 0 unspecified atom stereocenters. The molecule has 0 amide bonds. The zero-order valence-electron chi connectivity index (χ0n) is 14.6. The molecule has 5 nitrogen and oxygen atoms in total. The molecule has 0 spiro atoms. The van der Waals surface area contributed by atoms with Gasteiger partial charge in [-0.15, -0.1) is 35.3 Å². The normalized spacial score (nSPS) is 15.5. The van der Waals surface area contributed by atoms with E-state index >= 15 is 0 Å². The Hall–Kier alpha value is -1.55. The molecule has 0 aliphatic carbocycles. The number of nitrogens with one attached hydrogen (secondary N) is 2. The van der Waals surface area contributed by atoms with Gasteiger partial charge >= 0.3 is 0 Å². The van der Waals surface area contributed by atoms with E-state index in [4.69, 9.17) is 0 Å². The summed E-state index contributed by atoms with van der Waals surface area (Å²) < 4.78 is 13.4. The Morgan fingerprint density at radius 3 is 2.73 bits per heavy atom. The Kier molecular flexibility index (Phi) is 7.95. The lowest BCUT2D eigenvalue weighted by atomic mass is 10.1. The standard InChI is InChI=1S/C18H23FN4OS.HI/c1-20-18(21-12-13-4-5-16(24)15(19)11-13)22-14-6-8-23(9-7-14)17-3-2-10-25-17;/h2-5,10-11,14,24H,6-9,12H2,1H3,(H2,20,21,22);1H. The van der Waals surface area contributed by atoms with Crippen molar-refractivity contribution in [1.29, 1.82) is 0 Å². The number of phenols is 1. The first kappa shape index (κ1) is 20.8. The highest BCUT2D eigenvalue weighted by Crippen LogP contribution is 2.24. The van der Waals surface area contributed by atoms with E-state index in [1.165, 1.54) is 17.1 Å². The number of hydrogen-bond acceptors (Lipinski definition) is 4. The molecule has 2 aromatic rings. The number of guanidine groups is 1. The first-order valence-corrected chi connectivity index (χ1v) is 9.26. The quantitative estimate of drug-likeness (QED) is 0.349. The SMILES string of the molecule is CN=C(NCc1ccc(O)c(F)c1)NC1CCN(c2cccs2)CC1.I. The van der Waals surface area contributed by atoms with Crippen molar-refractivity contribution in [3.8, 4) is 5.75 Å². The third-order valence-electron chi connectivity index (χ3n) is 4.35. The van der Waals surface area contributed by atoms with Crippen molar-refractivity contribution in [1.82, 2.24) is 10.6 Å². The molecular formula is C18H24FIN4OS. The molecule has 1 aromatic carbocycles. The highest BCUT2D eigenvalue weighted by atomic mass is 127. The van der Waals surface area contributed by atoms with E-state index in [-0.39, 0.29) is 29.7 Å². The molecular weight excluding hydrogens is 466 g/mol. The number of aromatic hydroxyl groups is 1. The Balaban J connectivity index is 0.00000243. The molecule has 1 saturated heterocycles. The predicted molar refractivity (Wildman–Crippen MR) is 116 cm³/mol. The summed E-state index contributed by atoms with van der Waals surface area (Å²) in [6.45, 7) is 2.50. The number of thiophene rings is 1. The molecule has 0 radical (unpaired) electrons. The maximum absolute atomic E-state index is 13.4. The topological polar surface area (TPSA) is 59.9 Å². The first-order chi connectivity index (χ1) is 12.2. The van der Waals surface area contributed by atoms with Crippen molar-refractivity contribution < 1.29 is 9.50 Å². The summed E-state index contributed by atoms with van der Waals surface area (Å²) in [5.74, 6) is -0.227. The second-order valence-corrected chi connectivity index (χ2v) is 6.99. The molecule has 1 fully saturated rings. The number of piperidine rings is 1. The summed E-state index contributed by atoms with van der Waals surface area (Å²) in [6.07, 6.45) is 2.10. The molecule has 0 saturated carbocycles. The number of benzene rings is 1. The fraction of sp³-hybridized carbons (Fsp3) is 0.389. The van der Waals surface area contributed by atoms with Gasteiger partial charge in [0.2, 0.25) is 0 Å². The van der Waals surface area contributed by atoms with Crippen LogP contribution in [0.3, 0.4) is 0 Å². The van der Waals surface area contributed by atoms with E-state index in [9.17, 15) is 9.50 Å². The van der Waals surface area contributed by atoms with Crippen molar-refractivity contribution >= 4 is 46.3 Å².